The number of ether oxygens (including phenoxy) is 1. The zero-order chi connectivity index (χ0) is 24.4. The average molecular weight is 480 g/mol. The molecule has 186 valence electrons. The second-order valence-corrected chi connectivity index (χ2v) is 9.61. The van der Waals surface area contributed by atoms with E-state index in [-0.39, 0.29) is 18.0 Å². The minimum absolute atomic E-state index is 0.0986. The third-order valence-electron chi connectivity index (χ3n) is 6.81. The Hall–Kier alpha value is -3.24. The summed E-state index contributed by atoms with van der Waals surface area (Å²) >= 11 is 0. The summed E-state index contributed by atoms with van der Waals surface area (Å²) < 4.78 is 5.50. The molecule has 0 bridgehead atoms. The van der Waals surface area contributed by atoms with Gasteiger partial charge in [0.25, 0.3) is 5.91 Å². The summed E-state index contributed by atoms with van der Waals surface area (Å²) in [5, 5.41) is 5.77. The molecule has 3 aliphatic rings. The molecule has 1 atom stereocenters. The van der Waals surface area contributed by atoms with E-state index in [1.807, 2.05) is 36.2 Å². The number of amides is 3. The van der Waals surface area contributed by atoms with Crippen LogP contribution in [0.2, 0.25) is 0 Å². The van der Waals surface area contributed by atoms with E-state index in [9.17, 15) is 9.59 Å². The topological polar surface area (TPSA) is 103 Å². The Kier molecular flexibility index (Phi) is 6.83. The van der Waals surface area contributed by atoms with Gasteiger partial charge in [-0.15, -0.1) is 0 Å². The Balaban J connectivity index is 1.39. The Bertz CT molecular complexity index is 1070. The van der Waals surface area contributed by atoms with Crippen molar-refractivity contribution in [3.8, 4) is 11.4 Å². The lowest BCUT2D eigenvalue weighted by Gasteiger charge is -2.29. The zero-order valence-corrected chi connectivity index (χ0v) is 20.4. The van der Waals surface area contributed by atoms with Crippen LogP contribution in [-0.4, -0.2) is 97.3 Å². The van der Waals surface area contributed by atoms with Crippen LogP contribution < -0.4 is 15.5 Å². The van der Waals surface area contributed by atoms with Gasteiger partial charge in [-0.3, -0.25) is 4.79 Å². The lowest BCUT2D eigenvalue weighted by atomic mass is 10.1. The monoisotopic (exact) mass is 479 g/mol. The molecule has 2 aliphatic heterocycles. The largest absolute Gasteiger partial charge is 0.378 e. The van der Waals surface area contributed by atoms with Crippen LogP contribution in [0.15, 0.2) is 30.3 Å². The molecule has 2 aromatic rings. The Labute approximate surface area is 205 Å². The number of urea groups is 1. The van der Waals surface area contributed by atoms with Gasteiger partial charge < -0.3 is 30.1 Å². The van der Waals surface area contributed by atoms with Gasteiger partial charge in [-0.25, -0.2) is 14.8 Å². The minimum Gasteiger partial charge on any atom is -0.378 e. The molecule has 5 rings (SSSR count). The number of aromatic nitrogens is 2. The van der Waals surface area contributed by atoms with Crippen LogP contribution in [0, 0.1) is 0 Å². The molecule has 3 fully saturated rings. The maximum Gasteiger partial charge on any atom is 0.319 e. The smallest absolute Gasteiger partial charge is 0.319 e. The number of hydrogen-bond acceptors (Lipinski definition) is 7. The molecule has 2 saturated heterocycles. The summed E-state index contributed by atoms with van der Waals surface area (Å²) in [7, 11) is 3.93. The van der Waals surface area contributed by atoms with Crippen LogP contribution in [0.3, 0.4) is 0 Å². The molecule has 1 aliphatic carbocycles. The molecule has 3 amide bonds. The van der Waals surface area contributed by atoms with Crippen LogP contribution in [0.4, 0.5) is 16.3 Å². The van der Waals surface area contributed by atoms with Gasteiger partial charge in [-0.2, -0.15) is 0 Å². The molecule has 35 heavy (non-hydrogen) atoms. The Morgan fingerprint density at radius 3 is 2.46 bits per heavy atom. The molecule has 10 nitrogen and oxygen atoms in total. The Morgan fingerprint density at radius 2 is 1.80 bits per heavy atom. The van der Waals surface area contributed by atoms with Crippen LogP contribution >= 0.6 is 0 Å². The van der Waals surface area contributed by atoms with E-state index in [4.69, 9.17) is 9.72 Å². The van der Waals surface area contributed by atoms with Crippen molar-refractivity contribution in [1.82, 2.24) is 25.1 Å². The highest BCUT2D eigenvalue weighted by Crippen LogP contribution is 2.25. The fourth-order valence-corrected chi connectivity index (χ4v) is 4.48. The third-order valence-corrected chi connectivity index (χ3v) is 6.81. The number of carbonyl (C=O) groups is 2. The number of carbonyl (C=O) groups excluding carboxylic acids is 2. The van der Waals surface area contributed by atoms with Crippen LogP contribution in [-0.2, 0) is 4.74 Å². The number of nitrogens with zero attached hydrogens (tertiary/aromatic N) is 5. The first-order valence-corrected chi connectivity index (χ1v) is 12.3. The van der Waals surface area contributed by atoms with Gasteiger partial charge in [0, 0.05) is 56.1 Å². The van der Waals surface area contributed by atoms with Gasteiger partial charge in [0.05, 0.1) is 13.2 Å². The quantitative estimate of drug-likeness (QED) is 0.654. The number of morpholine rings is 1. The van der Waals surface area contributed by atoms with Gasteiger partial charge in [0.1, 0.15) is 11.5 Å². The second-order valence-electron chi connectivity index (χ2n) is 9.61. The molecule has 0 spiro atoms. The fraction of sp³-hybridized carbons (Fsp3) is 0.520. The van der Waals surface area contributed by atoms with E-state index < -0.39 is 0 Å². The number of rotatable bonds is 6. The van der Waals surface area contributed by atoms with Crippen molar-refractivity contribution in [2.24, 2.45) is 0 Å². The molecule has 2 N–H and O–H groups in total. The van der Waals surface area contributed by atoms with E-state index in [0.29, 0.717) is 49.6 Å². The van der Waals surface area contributed by atoms with Gasteiger partial charge >= 0.3 is 6.03 Å². The number of hydrogen-bond donors (Lipinski definition) is 2. The summed E-state index contributed by atoms with van der Waals surface area (Å²) in [5.74, 6) is 1.12. The summed E-state index contributed by atoms with van der Waals surface area (Å²) in [6, 6.07) is 9.46. The normalized spacial score (nSPS) is 20.5. The SMILES string of the molecule is CN1CCC(N(C)C(=O)c2cc(N3CCOCC3)nc(-c3ccc(NC(=O)NC4CC4)cc3)n2)C1. The van der Waals surface area contributed by atoms with Crippen molar-refractivity contribution in [2.45, 2.75) is 31.3 Å². The van der Waals surface area contributed by atoms with Crippen LogP contribution in [0.25, 0.3) is 11.4 Å². The van der Waals surface area contributed by atoms with Crippen molar-refractivity contribution in [3.05, 3.63) is 36.0 Å². The number of nitrogens with one attached hydrogen (secondary N) is 2. The first-order valence-electron chi connectivity index (χ1n) is 12.3. The molecule has 1 saturated carbocycles. The molecule has 1 aromatic heterocycles. The fourth-order valence-electron chi connectivity index (χ4n) is 4.48. The molecule has 0 radical (unpaired) electrons. The molecule has 10 heteroatoms. The van der Waals surface area contributed by atoms with E-state index >= 15 is 0 Å². The Morgan fingerprint density at radius 1 is 1.06 bits per heavy atom. The predicted octanol–water partition coefficient (Wildman–Crippen LogP) is 2.04. The van der Waals surface area contributed by atoms with Crippen molar-refractivity contribution in [3.63, 3.8) is 0 Å². The van der Waals surface area contributed by atoms with Gasteiger partial charge in [0.15, 0.2) is 5.82 Å². The first kappa shape index (κ1) is 23.5. The number of benzene rings is 1. The molecule has 1 aromatic carbocycles. The van der Waals surface area contributed by atoms with Gasteiger partial charge in [0.2, 0.25) is 0 Å². The minimum atomic E-state index is -0.195. The highest BCUT2D eigenvalue weighted by atomic mass is 16.5. The lowest BCUT2D eigenvalue weighted by Crippen LogP contribution is -2.40. The maximum absolute atomic E-state index is 13.4. The number of anilines is 2. The van der Waals surface area contributed by atoms with Crippen molar-refractivity contribution in [2.75, 3.05) is 63.7 Å². The number of likely N-dealkylation sites (N-methyl/N-ethyl adjacent to an activating group) is 2. The standard InChI is InChI=1S/C25H33N7O3/c1-30-10-9-20(16-30)31(2)24(33)21-15-22(32-11-13-35-14-12-32)29-23(28-21)17-3-5-18(6-4-17)26-25(34)27-19-7-8-19/h3-6,15,19-20H,7-14,16H2,1-2H3,(H2,26,27,34). The van der Waals surface area contributed by atoms with Crippen LogP contribution in [0.5, 0.6) is 0 Å². The highest BCUT2D eigenvalue weighted by molar-refractivity contribution is 5.94. The molecule has 3 heterocycles. The van der Waals surface area contributed by atoms with E-state index in [2.05, 4.69) is 32.5 Å². The summed E-state index contributed by atoms with van der Waals surface area (Å²) in [5.41, 5.74) is 1.86. The van der Waals surface area contributed by atoms with Crippen molar-refractivity contribution >= 4 is 23.4 Å². The van der Waals surface area contributed by atoms with Crippen LogP contribution in [0.1, 0.15) is 29.8 Å². The number of likely N-dealkylation sites (tertiary alicyclic amines) is 1. The summed E-state index contributed by atoms with van der Waals surface area (Å²) in [4.78, 5) is 41.1. The van der Waals surface area contributed by atoms with E-state index in [1.165, 1.54) is 0 Å². The predicted molar refractivity (Wildman–Crippen MR) is 134 cm³/mol. The molecular formula is C25H33N7O3. The first-order chi connectivity index (χ1) is 17.0. The van der Waals surface area contributed by atoms with Gasteiger partial charge in [-0.05, 0) is 57.1 Å². The third kappa shape index (κ3) is 5.71. The zero-order valence-electron chi connectivity index (χ0n) is 20.4. The highest BCUT2D eigenvalue weighted by Gasteiger charge is 2.29. The second kappa shape index (κ2) is 10.2. The van der Waals surface area contributed by atoms with E-state index in [1.54, 1.807) is 6.07 Å². The maximum atomic E-state index is 13.4. The summed E-state index contributed by atoms with van der Waals surface area (Å²) in [6.07, 6.45) is 3.03. The summed E-state index contributed by atoms with van der Waals surface area (Å²) in [6.45, 7) is 4.52. The van der Waals surface area contributed by atoms with Crippen molar-refractivity contribution in [1.29, 1.82) is 0 Å². The van der Waals surface area contributed by atoms with Gasteiger partial charge in [-0.1, -0.05) is 0 Å². The van der Waals surface area contributed by atoms with Crippen molar-refractivity contribution < 1.29 is 14.3 Å². The molecular weight excluding hydrogens is 446 g/mol. The molecule has 1 unspecified atom stereocenters. The average Bonchev–Trinajstić information content (AvgIpc) is 3.59. The lowest BCUT2D eigenvalue weighted by molar-refractivity contribution is 0.0731. The van der Waals surface area contributed by atoms with E-state index in [0.717, 1.165) is 43.7 Å².